The van der Waals surface area contributed by atoms with Gasteiger partial charge in [-0.3, -0.25) is 0 Å². The minimum absolute atomic E-state index is 0.149. The highest BCUT2D eigenvalue weighted by Crippen LogP contribution is 2.11. The zero-order valence-electron chi connectivity index (χ0n) is 8.40. The van der Waals surface area contributed by atoms with Gasteiger partial charge in [0.05, 0.1) is 11.9 Å². The van der Waals surface area contributed by atoms with Crippen LogP contribution in [-0.2, 0) is 14.8 Å². The maximum atomic E-state index is 11.5. The summed E-state index contributed by atoms with van der Waals surface area (Å²) in [6.45, 7) is 3.61. The van der Waals surface area contributed by atoms with Crippen LogP contribution in [0, 0.1) is 5.92 Å². The van der Waals surface area contributed by atoms with Gasteiger partial charge in [-0.1, -0.05) is 0 Å². The number of nitrogens with two attached hydrogens (primary N) is 1. The van der Waals surface area contributed by atoms with Crippen molar-refractivity contribution >= 4 is 10.0 Å². The summed E-state index contributed by atoms with van der Waals surface area (Å²) in [5.41, 5.74) is 5.30. The maximum Gasteiger partial charge on any atom is 0.215 e. The van der Waals surface area contributed by atoms with Crippen LogP contribution < -0.4 is 10.5 Å². The fraction of sp³-hybridized carbons (Fsp3) is 1.00. The van der Waals surface area contributed by atoms with Crippen molar-refractivity contribution in [1.29, 1.82) is 0 Å². The van der Waals surface area contributed by atoms with E-state index in [2.05, 4.69) is 4.72 Å². The summed E-state index contributed by atoms with van der Waals surface area (Å²) in [5, 5.41) is -0.523. The molecular weight excluding hydrogens is 204 g/mol. The molecule has 0 radical (unpaired) electrons. The van der Waals surface area contributed by atoms with Gasteiger partial charge in [-0.05, 0) is 19.3 Å². The molecule has 1 fully saturated rings. The molecule has 0 aliphatic carbocycles. The SMILES string of the molecule is CC(CN)S(=O)(=O)NCC1CCOC1. The van der Waals surface area contributed by atoms with Gasteiger partial charge in [0.25, 0.3) is 0 Å². The lowest BCUT2D eigenvalue weighted by atomic mass is 10.1. The molecule has 1 aliphatic rings. The lowest BCUT2D eigenvalue weighted by molar-refractivity contribution is 0.186. The highest BCUT2D eigenvalue weighted by atomic mass is 32.2. The molecule has 0 amide bonds. The first-order valence-corrected chi connectivity index (χ1v) is 6.37. The van der Waals surface area contributed by atoms with E-state index in [1.807, 2.05) is 0 Å². The molecule has 3 N–H and O–H groups in total. The molecule has 0 aromatic rings. The lowest BCUT2D eigenvalue weighted by Crippen LogP contribution is -2.39. The molecule has 2 unspecified atom stereocenters. The molecule has 0 aromatic carbocycles. The van der Waals surface area contributed by atoms with Gasteiger partial charge in [0, 0.05) is 19.7 Å². The molecule has 84 valence electrons. The average molecular weight is 222 g/mol. The quantitative estimate of drug-likeness (QED) is 0.644. The van der Waals surface area contributed by atoms with E-state index >= 15 is 0 Å². The van der Waals surface area contributed by atoms with Crippen molar-refractivity contribution in [1.82, 2.24) is 4.72 Å². The second-order valence-electron chi connectivity index (χ2n) is 3.67. The summed E-state index contributed by atoms with van der Waals surface area (Å²) in [6, 6.07) is 0. The maximum absolute atomic E-state index is 11.5. The van der Waals surface area contributed by atoms with Gasteiger partial charge in [-0.15, -0.1) is 0 Å². The standard InChI is InChI=1S/C8H18N2O3S/c1-7(4-9)14(11,12)10-5-8-2-3-13-6-8/h7-8,10H,2-6,9H2,1H3. The number of nitrogens with one attached hydrogen (secondary N) is 1. The van der Waals surface area contributed by atoms with Crippen LogP contribution in [0.15, 0.2) is 0 Å². The first-order chi connectivity index (χ1) is 6.56. The highest BCUT2D eigenvalue weighted by Gasteiger charge is 2.22. The van der Waals surface area contributed by atoms with Gasteiger partial charge in [0.15, 0.2) is 0 Å². The lowest BCUT2D eigenvalue weighted by Gasteiger charge is -2.13. The predicted molar refractivity (Wildman–Crippen MR) is 54.4 cm³/mol. The highest BCUT2D eigenvalue weighted by molar-refractivity contribution is 7.90. The largest absolute Gasteiger partial charge is 0.381 e. The Morgan fingerprint density at radius 1 is 1.64 bits per heavy atom. The molecule has 1 saturated heterocycles. The Hall–Kier alpha value is -0.170. The van der Waals surface area contributed by atoms with E-state index in [0.29, 0.717) is 19.1 Å². The Labute approximate surface area is 85.1 Å². The van der Waals surface area contributed by atoms with Crippen LogP contribution in [0.25, 0.3) is 0 Å². The molecule has 0 saturated carbocycles. The fourth-order valence-corrected chi connectivity index (χ4v) is 2.25. The third-order valence-electron chi connectivity index (χ3n) is 2.46. The second kappa shape index (κ2) is 5.06. The van der Waals surface area contributed by atoms with Crippen molar-refractivity contribution in [3.63, 3.8) is 0 Å². The summed E-state index contributed by atoms with van der Waals surface area (Å²) in [6.07, 6.45) is 0.930. The van der Waals surface area contributed by atoms with Crippen LogP contribution in [0.3, 0.4) is 0 Å². The van der Waals surface area contributed by atoms with E-state index in [1.165, 1.54) is 0 Å². The Kier molecular flexibility index (Phi) is 4.31. The first kappa shape index (κ1) is 11.9. The number of ether oxygens (including phenoxy) is 1. The van der Waals surface area contributed by atoms with E-state index < -0.39 is 15.3 Å². The van der Waals surface area contributed by atoms with Crippen molar-refractivity contribution in [2.45, 2.75) is 18.6 Å². The summed E-state index contributed by atoms with van der Waals surface area (Å²) < 4.78 is 30.7. The van der Waals surface area contributed by atoms with Crippen molar-refractivity contribution in [2.24, 2.45) is 11.7 Å². The van der Waals surface area contributed by atoms with Gasteiger partial charge in [0.2, 0.25) is 10.0 Å². The zero-order valence-corrected chi connectivity index (χ0v) is 9.22. The zero-order chi connectivity index (χ0) is 10.6. The van der Waals surface area contributed by atoms with Gasteiger partial charge < -0.3 is 10.5 Å². The van der Waals surface area contributed by atoms with Gasteiger partial charge in [0.1, 0.15) is 0 Å². The summed E-state index contributed by atoms with van der Waals surface area (Å²) in [4.78, 5) is 0. The van der Waals surface area contributed by atoms with Crippen molar-refractivity contribution in [2.75, 3.05) is 26.3 Å². The van der Waals surface area contributed by atoms with Crippen LogP contribution in [0.2, 0.25) is 0 Å². The minimum atomic E-state index is -3.23. The predicted octanol–water partition coefficient (Wildman–Crippen LogP) is -0.710. The molecule has 1 aliphatic heterocycles. The molecule has 6 heteroatoms. The first-order valence-electron chi connectivity index (χ1n) is 4.82. The Morgan fingerprint density at radius 2 is 2.36 bits per heavy atom. The summed E-state index contributed by atoms with van der Waals surface area (Å²) >= 11 is 0. The van der Waals surface area contributed by atoms with Gasteiger partial charge >= 0.3 is 0 Å². The molecule has 14 heavy (non-hydrogen) atoms. The monoisotopic (exact) mass is 222 g/mol. The van der Waals surface area contributed by atoms with E-state index in [-0.39, 0.29) is 6.54 Å². The van der Waals surface area contributed by atoms with E-state index in [0.717, 1.165) is 13.0 Å². The number of hydrogen-bond acceptors (Lipinski definition) is 4. The molecule has 0 spiro atoms. The third-order valence-corrected chi connectivity index (χ3v) is 4.28. The van der Waals surface area contributed by atoms with Crippen molar-refractivity contribution < 1.29 is 13.2 Å². The van der Waals surface area contributed by atoms with Crippen LogP contribution >= 0.6 is 0 Å². The van der Waals surface area contributed by atoms with Gasteiger partial charge in [-0.25, -0.2) is 13.1 Å². The van der Waals surface area contributed by atoms with Crippen molar-refractivity contribution in [3.05, 3.63) is 0 Å². The number of rotatable bonds is 5. The Morgan fingerprint density at radius 3 is 2.86 bits per heavy atom. The smallest absolute Gasteiger partial charge is 0.215 e. The van der Waals surface area contributed by atoms with Crippen molar-refractivity contribution in [3.8, 4) is 0 Å². The molecule has 1 heterocycles. The Bertz CT molecular complexity index is 260. The van der Waals surface area contributed by atoms with Crippen LogP contribution in [0.1, 0.15) is 13.3 Å². The van der Waals surface area contributed by atoms with E-state index in [1.54, 1.807) is 6.92 Å². The second-order valence-corrected chi connectivity index (χ2v) is 5.85. The average Bonchev–Trinajstić information content (AvgIpc) is 2.66. The van der Waals surface area contributed by atoms with Crippen LogP contribution in [0.5, 0.6) is 0 Å². The van der Waals surface area contributed by atoms with Crippen LogP contribution in [-0.4, -0.2) is 40.0 Å². The van der Waals surface area contributed by atoms with E-state index in [4.69, 9.17) is 10.5 Å². The normalized spacial score (nSPS) is 25.1. The molecule has 5 nitrogen and oxygen atoms in total. The number of hydrogen-bond donors (Lipinski definition) is 2. The van der Waals surface area contributed by atoms with Crippen LogP contribution in [0.4, 0.5) is 0 Å². The molecular formula is C8H18N2O3S. The summed E-state index contributed by atoms with van der Waals surface area (Å²) in [7, 11) is -3.23. The third kappa shape index (κ3) is 3.20. The Balaban J connectivity index is 2.35. The molecule has 1 rings (SSSR count). The topological polar surface area (TPSA) is 81.4 Å². The van der Waals surface area contributed by atoms with E-state index in [9.17, 15) is 8.42 Å². The van der Waals surface area contributed by atoms with Gasteiger partial charge in [-0.2, -0.15) is 0 Å². The molecule has 2 atom stereocenters. The summed E-state index contributed by atoms with van der Waals surface area (Å²) in [5.74, 6) is 0.315. The minimum Gasteiger partial charge on any atom is -0.381 e. The molecule has 0 bridgehead atoms. The fourth-order valence-electron chi connectivity index (χ4n) is 1.25. The number of sulfonamides is 1. The molecule has 0 aromatic heterocycles.